The molecule has 1 aliphatic heterocycles. The van der Waals surface area contributed by atoms with Gasteiger partial charge in [-0.1, -0.05) is 0 Å². The summed E-state index contributed by atoms with van der Waals surface area (Å²) in [6.07, 6.45) is 17.9. The number of anilines is 2. The summed E-state index contributed by atoms with van der Waals surface area (Å²) >= 11 is 0. The zero-order valence-electron chi connectivity index (χ0n) is 19.9. The molecule has 2 saturated carbocycles. The Labute approximate surface area is 231 Å². The van der Waals surface area contributed by atoms with Crippen LogP contribution in [0.3, 0.4) is 0 Å². The molecule has 0 unspecified atom stereocenters. The van der Waals surface area contributed by atoms with Gasteiger partial charge in [-0.2, -0.15) is 0 Å². The third-order valence-corrected chi connectivity index (χ3v) is 6.10. The number of fused-ring (bicyclic) bond motifs is 1. The van der Waals surface area contributed by atoms with Crippen LogP contribution in [-0.4, -0.2) is 43.3 Å². The standard InChI is InChI=1S/C23H22FN4O.C5H5.ClH.Fe/c1-29-18-8-6-17(7-9-18)27-10-12-28(13-11-27)22-15-21-20(14-19(22)24)25-23(26-21)16-4-2-3-5-16;1-2-4-5-3-1;;/h2-9,14-15H,10-13H2,1H3,(H,25,26);1-5H;1H;/q;;;+2. The number of imidazole rings is 1. The third-order valence-electron chi connectivity index (χ3n) is 6.10. The van der Waals surface area contributed by atoms with Crippen molar-refractivity contribution in [1.29, 1.82) is 0 Å². The molecule has 186 valence electrons. The monoisotopic (exact) mass is 546 g/mol. The fourth-order valence-electron chi connectivity index (χ4n) is 4.25. The maximum absolute atomic E-state index is 14.8. The molecular formula is C28H28ClFFeN4O+2. The number of aromatic amines is 1. The van der Waals surface area contributed by atoms with Crippen molar-refractivity contribution in [3.63, 3.8) is 0 Å². The van der Waals surface area contributed by atoms with E-state index in [2.05, 4.69) is 31.9 Å². The van der Waals surface area contributed by atoms with Crippen LogP contribution in [0.2, 0.25) is 0 Å². The average molecular weight is 547 g/mol. The fourth-order valence-corrected chi connectivity index (χ4v) is 4.25. The topological polar surface area (TPSA) is 44.4 Å². The van der Waals surface area contributed by atoms with Gasteiger partial charge in [0.25, 0.3) is 0 Å². The van der Waals surface area contributed by atoms with Gasteiger partial charge in [-0.15, -0.1) is 12.4 Å². The van der Waals surface area contributed by atoms with Crippen LogP contribution in [0.25, 0.3) is 11.0 Å². The second-order valence-electron chi connectivity index (χ2n) is 8.21. The van der Waals surface area contributed by atoms with Gasteiger partial charge >= 0.3 is 17.1 Å². The predicted octanol–water partition coefficient (Wildman–Crippen LogP) is 5.23. The van der Waals surface area contributed by atoms with Crippen LogP contribution < -0.4 is 14.5 Å². The molecule has 2 aromatic carbocycles. The predicted molar refractivity (Wildman–Crippen MR) is 142 cm³/mol. The molecule has 5 nitrogen and oxygen atoms in total. The molecule has 0 amide bonds. The van der Waals surface area contributed by atoms with Gasteiger partial charge < -0.3 is 19.5 Å². The number of ether oxygens (including phenoxy) is 1. The van der Waals surface area contributed by atoms with Gasteiger partial charge in [0.2, 0.25) is 0 Å². The molecule has 1 aromatic heterocycles. The van der Waals surface area contributed by atoms with Gasteiger partial charge in [0.15, 0.2) is 0 Å². The second-order valence-corrected chi connectivity index (χ2v) is 8.21. The first-order valence-corrected chi connectivity index (χ1v) is 11.4. The second kappa shape index (κ2) is 13.6. The maximum atomic E-state index is 14.8. The van der Waals surface area contributed by atoms with Gasteiger partial charge in [-0.3, -0.25) is 0 Å². The van der Waals surface area contributed by atoms with Crippen molar-refractivity contribution >= 4 is 34.8 Å². The Hall–Kier alpha value is -1.95. The third kappa shape index (κ3) is 6.67. The zero-order chi connectivity index (χ0) is 23.3. The summed E-state index contributed by atoms with van der Waals surface area (Å²) in [5.41, 5.74) is 3.29. The maximum Gasteiger partial charge on any atom is 2.00 e. The van der Waals surface area contributed by atoms with Crippen LogP contribution >= 0.6 is 12.4 Å². The van der Waals surface area contributed by atoms with Crippen LogP contribution in [0.5, 0.6) is 5.75 Å². The van der Waals surface area contributed by atoms with E-state index in [1.54, 1.807) is 13.2 Å². The van der Waals surface area contributed by atoms with E-state index in [1.807, 2.05) is 76.0 Å². The molecule has 10 radical (unpaired) electrons. The molecule has 36 heavy (non-hydrogen) atoms. The molecule has 8 heteroatoms. The van der Waals surface area contributed by atoms with Gasteiger partial charge in [0, 0.05) is 43.9 Å². The number of piperazine rings is 1. The number of hydrogen-bond donors (Lipinski definition) is 1. The summed E-state index contributed by atoms with van der Waals surface area (Å²) in [4.78, 5) is 12.3. The number of nitrogens with zero attached hydrogens (tertiary/aromatic N) is 3. The molecule has 6 rings (SSSR count). The zero-order valence-corrected chi connectivity index (χ0v) is 21.8. The van der Waals surface area contributed by atoms with Gasteiger partial charge in [0.1, 0.15) is 17.4 Å². The molecule has 1 saturated heterocycles. The van der Waals surface area contributed by atoms with E-state index in [9.17, 15) is 4.39 Å². The van der Waals surface area contributed by atoms with Crippen molar-refractivity contribution in [1.82, 2.24) is 9.97 Å². The normalized spacial score (nSPS) is 17.8. The van der Waals surface area contributed by atoms with Crippen LogP contribution in [0, 0.1) is 69.5 Å². The number of halogens is 2. The molecule has 0 atom stereocenters. The quantitative estimate of drug-likeness (QED) is 0.455. The summed E-state index contributed by atoms with van der Waals surface area (Å²) in [5.74, 6) is 2.41. The Morgan fingerprint density at radius 2 is 1.42 bits per heavy atom. The molecular weight excluding hydrogens is 519 g/mol. The van der Waals surface area contributed by atoms with E-state index in [0.29, 0.717) is 5.69 Å². The van der Waals surface area contributed by atoms with Crippen LogP contribution in [-0.2, 0) is 17.1 Å². The van der Waals surface area contributed by atoms with Crippen LogP contribution in [0.1, 0.15) is 5.82 Å². The number of aromatic nitrogens is 2. The fraction of sp³-hybridized carbons (Fsp3) is 0.179. The van der Waals surface area contributed by atoms with Crippen LogP contribution in [0.15, 0.2) is 36.4 Å². The summed E-state index contributed by atoms with van der Waals surface area (Å²) in [6, 6.07) is 11.5. The Bertz CT molecular complexity index is 1070. The van der Waals surface area contributed by atoms with E-state index >= 15 is 0 Å². The Balaban J connectivity index is 0.000000463. The smallest absolute Gasteiger partial charge is 0.497 e. The molecule has 0 spiro atoms. The molecule has 0 bridgehead atoms. The van der Waals surface area contributed by atoms with E-state index in [4.69, 9.17) is 4.74 Å². The molecule has 3 aliphatic rings. The van der Waals surface area contributed by atoms with E-state index in [-0.39, 0.29) is 35.3 Å². The van der Waals surface area contributed by atoms with Gasteiger partial charge in [-0.05, 0) is 88.1 Å². The van der Waals surface area contributed by atoms with E-state index in [0.717, 1.165) is 60.4 Å². The number of benzene rings is 2. The summed E-state index contributed by atoms with van der Waals surface area (Å²) in [7, 11) is 1.67. The Morgan fingerprint density at radius 1 is 0.833 bits per heavy atom. The number of hydrogen-bond acceptors (Lipinski definition) is 4. The number of rotatable bonds is 4. The van der Waals surface area contributed by atoms with Crippen molar-refractivity contribution < 1.29 is 26.2 Å². The van der Waals surface area contributed by atoms with Crippen molar-refractivity contribution in [2.45, 2.75) is 0 Å². The molecule has 3 fully saturated rings. The van der Waals surface area contributed by atoms with E-state index < -0.39 is 0 Å². The van der Waals surface area contributed by atoms with Crippen molar-refractivity contribution in [2.75, 3.05) is 43.1 Å². The average Bonchev–Trinajstić information content (AvgIpc) is 3.67. The van der Waals surface area contributed by atoms with Crippen LogP contribution in [0.4, 0.5) is 15.8 Å². The van der Waals surface area contributed by atoms with Gasteiger partial charge in [0.05, 0.1) is 23.8 Å². The molecule has 1 N–H and O–H groups in total. The minimum absolute atomic E-state index is 0. The number of H-pyrrole nitrogens is 1. The molecule has 3 aromatic rings. The minimum Gasteiger partial charge on any atom is -0.497 e. The molecule has 2 aliphatic carbocycles. The Morgan fingerprint density at radius 3 is 2.00 bits per heavy atom. The van der Waals surface area contributed by atoms with Gasteiger partial charge in [-0.25, -0.2) is 9.37 Å². The SMILES string of the molecule is COc1ccc(N2CCN(c3cc4nc([C]5[CH][CH][CH][CH]5)[nH]c4cc3F)CC2)cc1.Cl.[CH]1[CH][CH][CH][CH]1.[Fe+2]. The first-order valence-electron chi connectivity index (χ1n) is 11.4. The Kier molecular flexibility index (Phi) is 10.8. The summed E-state index contributed by atoms with van der Waals surface area (Å²) in [6.45, 7) is 3.19. The minimum atomic E-state index is -0.215. The number of methoxy groups -OCH3 is 1. The van der Waals surface area contributed by atoms with Crippen molar-refractivity contribution in [3.8, 4) is 5.75 Å². The van der Waals surface area contributed by atoms with E-state index in [1.165, 1.54) is 0 Å². The first-order chi connectivity index (χ1) is 16.7. The largest absolute Gasteiger partial charge is 2.00 e. The first kappa shape index (κ1) is 28.6. The van der Waals surface area contributed by atoms with Crippen molar-refractivity contribution in [2.24, 2.45) is 0 Å². The summed E-state index contributed by atoms with van der Waals surface area (Å²) in [5, 5.41) is 0. The van der Waals surface area contributed by atoms with Crippen molar-refractivity contribution in [3.05, 3.63) is 112 Å². The summed E-state index contributed by atoms with van der Waals surface area (Å²) < 4.78 is 20.1. The number of nitrogens with one attached hydrogen (secondary N) is 1. The molecule has 2 heterocycles.